The number of nitrogens with one attached hydrogen (secondary N) is 1. The quantitative estimate of drug-likeness (QED) is 0.839. The van der Waals surface area contributed by atoms with Crippen molar-refractivity contribution in [2.24, 2.45) is 0 Å². The van der Waals surface area contributed by atoms with E-state index in [1.165, 1.54) is 18.2 Å². The maximum absolute atomic E-state index is 12.0. The number of rotatable bonds is 1. The minimum absolute atomic E-state index is 0.0291. The van der Waals surface area contributed by atoms with Gasteiger partial charge < -0.3 is 5.32 Å². The second-order valence-corrected chi connectivity index (χ2v) is 5.45. The molecule has 0 saturated carbocycles. The van der Waals surface area contributed by atoms with Gasteiger partial charge in [0.05, 0.1) is 10.7 Å². The molecular weight excluding hydrogens is 252 g/mol. The van der Waals surface area contributed by atoms with Crippen LogP contribution >= 0.6 is 11.6 Å². The van der Waals surface area contributed by atoms with E-state index >= 15 is 0 Å². The molecule has 2 rings (SSSR count). The molecule has 0 fully saturated rings. The Morgan fingerprint density at radius 1 is 1.44 bits per heavy atom. The third-order valence-electron chi connectivity index (χ3n) is 2.29. The molecule has 86 valence electrons. The second-order valence-electron chi connectivity index (χ2n) is 3.21. The van der Waals surface area contributed by atoms with Crippen LogP contribution in [-0.4, -0.2) is 25.3 Å². The summed E-state index contributed by atoms with van der Waals surface area (Å²) in [6.45, 7) is 1.67. The van der Waals surface area contributed by atoms with Gasteiger partial charge in [-0.2, -0.15) is 0 Å². The molecule has 1 aromatic carbocycles. The standard InChI is InChI=1S/C9H9ClN2O3S/c1-2-12-9(13)11-8-6(10)4-3-5-7(8)16(12,14)15/h3-5H,2H2,1H3,(H,11,13). The summed E-state index contributed by atoms with van der Waals surface area (Å²) < 4.78 is 24.8. The third-order valence-corrected chi connectivity index (χ3v) is 4.50. The number of nitrogens with zero attached hydrogens (tertiary/aromatic N) is 1. The molecule has 1 N–H and O–H groups in total. The van der Waals surface area contributed by atoms with Crippen LogP contribution in [0.15, 0.2) is 23.1 Å². The van der Waals surface area contributed by atoms with E-state index in [0.29, 0.717) is 0 Å². The van der Waals surface area contributed by atoms with E-state index in [1.807, 2.05) is 0 Å². The first-order valence-electron chi connectivity index (χ1n) is 4.60. The van der Waals surface area contributed by atoms with E-state index in [9.17, 15) is 13.2 Å². The molecular formula is C9H9ClN2O3S. The summed E-state index contributed by atoms with van der Waals surface area (Å²) in [5.74, 6) is 0. The lowest BCUT2D eigenvalue weighted by molar-refractivity contribution is 0.236. The molecule has 0 aliphatic carbocycles. The normalized spacial score (nSPS) is 17.9. The summed E-state index contributed by atoms with van der Waals surface area (Å²) in [4.78, 5) is 11.6. The van der Waals surface area contributed by atoms with Crippen molar-refractivity contribution >= 4 is 33.3 Å². The first kappa shape index (κ1) is 11.2. The molecule has 1 aromatic rings. The van der Waals surface area contributed by atoms with Gasteiger partial charge in [-0.3, -0.25) is 0 Å². The predicted octanol–water partition coefficient (Wildman–Crippen LogP) is 1.90. The molecule has 1 aliphatic heterocycles. The fourth-order valence-corrected chi connectivity index (χ4v) is 3.34. The summed E-state index contributed by atoms with van der Waals surface area (Å²) in [5.41, 5.74) is 0.152. The van der Waals surface area contributed by atoms with Crippen LogP contribution in [0, 0.1) is 0 Å². The monoisotopic (exact) mass is 260 g/mol. The van der Waals surface area contributed by atoms with Gasteiger partial charge in [0.1, 0.15) is 4.90 Å². The Kier molecular flexibility index (Phi) is 2.55. The summed E-state index contributed by atoms with van der Waals surface area (Å²) >= 11 is 5.83. The molecule has 2 amide bonds. The van der Waals surface area contributed by atoms with Gasteiger partial charge in [0.25, 0.3) is 10.0 Å². The van der Waals surface area contributed by atoms with Crippen molar-refractivity contribution in [3.05, 3.63) is 23.2 Å². The zero-order valence-corrected chi connectivity index (χ0v) is 9.97. The highest BCUT2D eigenvalue weighted by atomic mass is 35.5. The van der Waals surface area contributed by atoms with E-state index in [0.717, 1.165) is 4.31 Å². The van der Waals surface area contributed by atoms with Crippen molar-refractivity contribution in [2.75, 3.05) is 11.9 Å². The molecule has 7 heteroatoms. The zero-order valence-electron chi connectivity index (χ0n) is 8.40. The van der Waals surface area contributed by atoms with Crippen molar-refractivity contribution in [1.82, 2.24) is 4.31 Å². The van der Waals surface area contributed by atoms with Crippen LogP contribution in [0.1, 0.15) is 6.92 Å². The smallest absolute Gasteiger partial charge is 0.304 e. The molecule has 1 aliphatic rings. The highest BCUT2D eigenvalue weighted by Crippen LogP contribution is 2.34. The average molecular weight is 261 g/mol. The lowest BCUT2D eigenvalue weighted by atomic mass is 10.3. The van der Waals surface area contributed by atoms with Crippen LogP contribution in [0.4, 0.5) is 10.5 Å². The van der Waals surface area contributed by atoms with E-state index < -0.39 is 16.1 Å². The molecule has 0 spiro atoms. The number of hydrogen-bond donors (Lipinski definition) is 1. The number of benzene rings is 1. The average Bonchev–Trinajstić information content (AvgIpc) is 2.20. The molecule has 0 atom stereocenters. The van der Waals surface area contributed by atoms with Crippen LogP contribution in [0.2, 0.25) is 5.02 Å². The molecule has 0 aromatic heterocycles. The number of anilines is 1. The molecule has 16 heavy (non-hydrogen) atoms. The number of sulfonamides is 1. The maximum atomic E-state index is 12.0. The summed E-state index contributed by atoms with van der Waals surface area (Å²) in [5, 5.41) is 2.67. The summed E-state index contributed by atoms with van der Waals surface area (Å²) in [6, 6.07) is 3.80. The Morgan fingerprint density at radius 2 is 2.12 bits per heavy atom. The first-order valence-corrected chi connectivity index (χ1v) is 6.42. The van der Waals surface area contributed by atoms with E-state index in [-0.39, 0.29) is 22.2 Å². The Bertz CT molecular complexity index is 556. The van der Waals surface area contributed by atoms with Gasteiger partial charge in [-0.05, 0) is 19.1 Å². The molecule has 1 heterocycles. The molecule has 0 radical (unpaired) electrons. The minimum Gasteiger partial charge on any atom is -0.304 e. The number of amides is 2. The Hall–Kier alpha value is -1.27. The topological polar surface area (TPSA) is 66.5 Å². The highest BCUT2D eigenvalue weighted by Gasteiger charge is 2.36. The van der Waals surface area contributed by atoms with Crippen molar-refractivity contribution in [3.8, 4) is 0 Å². The number of hydrogen-bond acceptors (Lipinski definition) is 3. The molecule has 0 bridgehead atoms. The van der Waals surface area contributed by atoms with Crippen LogP contribution in [0.3, 0.4) is 0 Å². The van der Waals surface area contributed by atoms with E-state index in [2.05, 4.69) is 5.32 Å². The number of carbonyl (C=O) groups is 1. The predicted molar refractivity (Wildman–Crippen MR) is 60.0 cm³/mol. The van der Waals surface area contributed by atoms with E-state index in [1.54, 1.807) is 6.92 Å². The lowest BCUT2D eigenvalue weighted by Gasteiger charge is -2.28. The molecule has 0 unspecified atom stereocenters. The number of para-hydroxylation sites is 1. The lowest BCUT2D eigenvalue weighted by Crippen LogP contribution is -2.43. The largest absolute Gasteiger partial charge is 0.335 e. The minimum atomic E-state index is -3.77. The van der Waals surface area contributed by atoms with Gasteiger partial charge in [0.15, 0.2) is 0 Å². The Labute approximate surface area is 98.1 Å². The summed E-state index contributed by atoms with van der Waals surface area (Å²) in [7, 11) is -3.77. The van der Waals surface area contributed by atoms with Crippen molar-refractivity contribution in [1.29, 1.82) is 0 Å². The zero-order chi connectivity index (χ0) is 11.9. The van der Waals surface area contributed by atoms with Crippen molar-refractivity contribution in [2.45, 2.75) is 11.8 Å². The number of carbonyl (C=O) groups excluding carboxylic acids is 1. The van der Waals surface area contributed by atoms with Crippen molar-refractivity contribution in [3.63, 3.8) is 0 Å². The summed E-state index contributed by atoms with van der Waals surface area (Å²) in [6.07, 6.45) is 0. The number of halogens is 1. The van der Waals surface area contributed by atoms with E-state index in [4.69, 9.17) is 11.6 Å². The van der Waals surface area contributed by atoms with Gasteiger partial charge in [-0.1, -0.05) is 17.7 Å². The van der Waals surface area contributed by atoms with Crippen LogP contribution in [0.5, 0.6) is 0 Å². The van der Waals surface area contributed by atoms with Gasteiger partial charge in [0.2, 0.25) is 0 Å². The fourth-order valence-electron chi connectivity index (χ4n) is 1.55. The van der Waals surface area contributed by atoms with Crippen LogP contribution in [-0.2, 0) is 10.0 Å². The Balaban J connectivity index is 2.72. The maximum Gasteiger partial charge on any atom is 0.335 e. The molecule has 5 nitrogen and oxygen atoms in total. The third kappa shape index (κ3) is 1.45. The van der Waals surface area contributed by atoms with Gasteiger partial charge in [0, 0.05) is 6.54 Å². The second kappa shape index (κ2) is 3.64. The van der Waals surface area contributed by atoms with Gasteiger partial charge in [-0.15, -0.1) is 0 Å². The highest BCUT2D eigenvalue weighted by molar-refractivity contribution is 7.90. The number of urea groups is 1. The van der Waals surface area contributed by atoms with Gasteiger partial charge in [-0.25, -0.2) is 17.5 Å². The number of fused-ring (bicyclic) bond motifs is 1. The first-order chi connectivity index (χ1) is 7.48. The van der Waals surface area contributed by atoms with Crippen LogP contribution in [0.25, 0.3) is 0 Å². The SMILES string of the molecule is CCN1C(=O)Nc2c(Cl)cccc2S1(=O)=O. The van der Waals surface area contributed by atoms with Crippen LogP contribution < -0.4 is 5.32 Å². The van der Waals surface area contributed by atoms with Gasteiger partial charge >= 0.3 is 6.03 Å². The Morgan fingerprint density at radius 3 is 2.75 bits per heavy atom. The fraction of sp³-hybridized carbons (Fsp3) is 0.222. The van der Waals surface area contributed by atoms with Crippen molar-refractivity contribution < 1.29 is 13.2 Å². The molecule has 0 saturated heterocycles.